The van der Waals surface area contributed by atoms with Crippen molar-refractivity contribution in [3.05, 3.63) is 36.4 Å². The minimum Gasteiger partial charge on any atom is -0.398 e. The Morgan fingerprint density at radius 2 is 2.10 bits per heavy atom. The number of amides is 1. The standard InChI is InChI=1S/C12H10N6OS/c13-7-3-1-2-6(10(14)19)9(7)20-12-8-11(16-4-15-8)17-5-18-12/h1-5H,13H2,(H2,14,19)(H,15,16,17,18). The summed E-state index contributed by atoms with van der Waals surface area (Å²) in [5.41, 5.74) is 13.4. The van der Waals surface area contributed by atoms with Crippen molar-refractivity contribution in [2.24, 2.45) is 5.73 Å². The molecule has 2 heterocycles. The van der Waals surface area contributed by atoms with Gasteiger partial charge in [-0.1, -0.05) is 17.8 Å². The molecule has 8 heteroatoms. The molecule has 5 N–H and O–H groups in total. The van der Waals surface area contributed by atoms with Gasteiger partial charge in [-0.2, -0.15) is 0 Å². The van der Waals surface area contributed by atoms with E-state index in [1.807, 2.05) is 0 Å². The zero-order chi connectivity index (χ0) is 14.1. The van der Waals surface area contributed by atoms with E-state index < -0.39 is 5.91 Å². The fraction of sp³-hybridized carbons (Fsp3) is 0. The first kappa shape index (κ1) is 12.4. The van der Waals surface area contributed by atoms with E-state index in [9.17, 15) is 4.79 Å². The molecule has 0 atom stereocenters. The molecule has 0 aliphatic rings. The van der Waals surface area contributed by atoms with E-state index in [0.29, 0.717) is 32.3 Å². The molecule has 3 aromatic rings. The van der Waals surface area contributed by atoms with Crippen molar-refractivity contribution in [2.75, 3.05) is 5.73 Å². The van der Waals surface area contributed by atoms with Crippen molar-refractivity contribution in [1.29, 1.82) is 0 Å². The van der Waals surface area contributed by atoms with Gasteiger partial charge in [0, 0.05) is 10.6 Å². The highest BCUT2D eigenvalue weighted by molar-refractivity contribution is 7.99. The number of fused-ring (bicyclic) bond motifs is 1. The van der Waals surface area contributed by atoms with E-state index in [4.69, 9.17) is 11.5 Å². The Morgan fingerprint density at radius 3 is 2.90 bits per heavy atom. The molecule has 0 bridgehead atoms. The molecular formula is C12H10N6OS. The van der Waals surface area contributed by atoms with Crippen LogP contribution in [0.3, 0.4) is 0 Å². The molecular weight excluding hydrogens is 276 g/mol. The highest BCUT2D eigenvalue weighted by atomic mass is 32.2. The first-order valence-electron chi connectivity index (χ1n) is 5.67. The summed E-state index contributed by atoms with van der Waals surface area (Å²) >= 11 is 1.26. The summed E-state index contributed by atoms with van der Waals surface area (Å²) in [6.45, 7) is 0. The Morgan fingerprint density at radius 1 is 1.25 bits per heavy atom. The first-order chi connectivity index (χ1) is 9.66. The third-order valence-corrected chi connectivity index (χ3v) is 3.86. The van der Waals surface area contributed by atoms with Gasteiger partial charge in [0.25, 0.3) is 0 Å². The minimum absolute atomic E-state index is 0.362. The number of carbonyl (C=O) groups is 1. The second-order valence-electron chi connectivity index (χ2n) is 3.97. The monoisotopic (exact) mass is 286 g/mol. The summed E-state index contributed by atoms with van der Waals surface area (Å²) in [6, 6.07) is 5.03. The van der Waals surface area contributed by atoms with Gasteiger partial charge in [0.2, 0.25) is 5.91 Å². The fourth-order valence-electron chi connectivity index (χ4n) is 1.78. The van der Waals surface area contributed by atoms with E-state index in [1.54, 1.807) is 18.2 Å². The van der Waals surface area contributed by atoms with E-state index in [-0.39, 0.29) is 0 Å². The highest BCUT2D eigenvalue weighted by Gasteiger charge is 2.15. The van der Waals surface area contributed by atoms with Crippen LogP contribution in [-0.4, -0.2) is 25.8 Å². The van der Waals surface area contributed by atoms with Crippen LogP contribution in [0.25, 0.3) is 11.2 Å². The average Bonchev–Trinajstić information content (AvgIpc) is 2.90. The normalized spacial score (nSPS) is 10.8. The number of hydrogen-bond acceptors (Lipinski definition) is 6. The molecule has 1 aromatic carbocycles. The number of rotatable bonds is 3. The highest BCUT2D eigenvalue weighted by Crippen LogP contribution is 2.35. The Labute approximate surface area is 117 Å². The summed E-state index contributed by atoms with van der Waals surface area (Å²) in [5.74, 6) is -0.533. The molecule has 0 radical (unpaired) electrons. The van der Waals surface area contributed by atoms with Crippen LogP contribution in [0.2, 0.25) is 0 Å². The van der Waals surface area contributed by atoms with Crippen LogP contribution < -0.4 is 11.5 Å². The number of nitrogen functional groups attached to an aromatic ring is 1. The second-order valence-corrected chi connectivity index (χ2v) is 4.97. The molecule has 100 valence electrons. The second kappa shape index (κ2) is 4.82. The molecule has 0 fully saturated rings. The van der Waals surface area contributed by atoms with E-state index in [1.165, 1.54) is 24.4 Å². The quantitative estimate of drug-likeness (QED) is 0.490. The number of nitrogens with zero attached hydrogens (tertiary/aromatic N) is 3. The number of benzene rings is 1. The van der Waals surface area contributed by atoms with E-state index >= 15 is 0 Å². The van der Waals surface area contributed by atoms with Crippen molar-refractivity contribution in [3.8, 4) is 0 Å². The van der Waals surface area contributed by atoms with Crippen LogP contribution >= 0.6 is 11.8 Å². The number of hydrogen-bond donors (Lipinski definition) is 3. The maximum Gasteiger partial charge on any atom is 0.249 e. The molecule has 7 nitrogen and oxygen atoms in total. The molecule has 1 amide bonds. The zero-order valence-corrected chi connectivity index (χ0v) is 11.0. The largest absolute Gasteiger partial charge is 0.398 e. The molecule has 0 aliphatic heterocycles. The molecule has 3 rings (SSSR count). The van der Waals surface area contributed by atoms with Gasteiger partial charge in [-0.3, -0.25) is 4.79 Å². The molecule has 2 aromatic heterocycles. The Kier molecular flexibility index (Phi) is 2.99. The maximum atomic E-state index is 11.5. The SMILES string of the molecule is NC(=O)c1cccc(N)c1Sc1ncnc2nc[nH]c12. The summed E-state index contributed by atoms with van der Waals surface area (Å²) in [4.78, 5) is 27.3. The number of anilines is 1. The Bertz CT molecular complexity index is 799. The van der Waals surface area contributed by atoms with Crippen LogP contribution in [0.5, 0.6) is 0 Å². The van der Waals surface area contributed by atoms with Crippen molar-refractivity contribution >= 4 is 34.5 Å². The number of H-pyrrole nitrogens is 1. The van der Waals surface area contributed by atoms with Crippen LogP contribution in [0.15, 0.2) is 40.8 Å². The van der Waals surface area contributed by atoms with Crippen molar-refractivity contribution in [2.45, 2.75) is 9.92 Å². The number of carbonyl (C=O) groups excluding carboxylic acids is 1. The number of nitrogens with one attached hydrogen (secondary N) is 1. The number of primary amides is 1. The van der Waals surface area contributed by atoms with Gasteiger partial charge < -0.3 is 16.5 Å². The van der Waals surface area contributed by atoms with Gasteiger partial charge in [0.05, 0.1) is 11.9 Å². The Balaban J connectivity index is 2.12. The fourth-order valence-corrected chi connectivity index (χ4v) is 2.79. The predicted octanol–water partition coefficient (Wildman–Crippen LogP) is 1.19. The Hall–Kier alpha value is -2.61. The number of imidazole rings is 1. The number of nitrogens with two attached hydrogens (primary N) is 2. The summed E-state index contributed by atoms with van der Waals surface area (Å²) in [5, 5.41) is 0.632. The van der Waals surface area contributed by atoms with E-state index in [0.717, 1.165) is 0 Å². The van der Waals surface area contributed by atoms with Crippen molar-refractivity contribution < 1.29 is 4.79 Å². The van der Waals surface area contributed by atoms with Crippen LogP contribution in [0.4, 0.5) is 5.69 Å². The lowest BCUT2D eigenvalue weighted by molar-refractivity contribution is 0.0997. The minimum atomic E-state index is -0.533. The van der Waals surface area contributed by atoms with Crippen molar-refractivity contribution in [3.63, 3.8) is 0 Å². The van der Waals surface area contributed by atoms with Gasteiger partial charge in [0.15, 0.2) is 5.65 Å². The first-order valence-corrected chi connectivity index (χ1v) is 6.48. The third-order valence-electron chi connectivity index (χ3n) is 2.70. The van der Waals surface area contributed by atoms with Gasteiger partial charge in [-0.15, -0.1) is 0 Å². The molecule has 0 aliphatic carbocycles. The number of aromatic nitrogens is 4. The van der Waals surface area contributed by atoms with Crippen LogP contribution in [0, 0.1) is 0 Å². The van der Waals surface area contributed by atoms with E-state index in [2.05, 4.69) is 19.9 Å². The van der Waals surface area contributed by atoms with Gasteiger partial charge in [0.1, 0.15) is 16.9 Å². The third kappa shape index (κ3) is 2.05. The summed E-state index contributed by atoms with van der Waals surface area (Å²) in [7, 11) is 0. The molecule has 0 unspecified atom stereocenters. The van der Waals surface area contributed by atoms with Gasteiger partial charge in [-0.05, 0) is 12.1 Å². The number of aromatic amines is 1. The topological polar surface area (TPSA) is 124 Å². The molecule has 0 saturated carbocycles. The van der Waals surface area contributed by atoms with Crippen LogP contribution in [0.1, 0.15) is 10.4 Å². The molecule has 0 saturated heterocycles. The van der Waals surface area contributed by atoms with Gasteiger partial charge >= 0.3 is 0 Å². The lowest BCUT2D eigenvalue weighted by atomic mass is 10.2. The summed E-state index contributed by atoms with van der Waals surface area (Å²) in [6.07, 6.45) is 2.95. The maximum absolute atomic E-state index is 11.5. The summed E-state index contributed by atoms with van der Waals surface area (Å²) < 4.78 is 0. The van der Waals surface area contributed by atoms with Gasteiger partial charge in [-0.25, -0.2) is 15.0 Å². The average molecular weight is 286 g/mol. The lowest BCUT2D eigenvalue weighted by Gasteiger charge is -2.09. The molecule has 0 spiro atoms. The van der Waals surface area contributed by atoms with Crippen molar-refractivity contribution in [1.82, 2.24) is 19.9 Å². The predicted molar refractivity (Wildman–Crippen MR) is 75.2 cm³/mol. The zero-order valence-electron chi connectivity index (χ0n) is 10.2. The smallest absolute Gasteiger partial charge is 0.249 e. The molecule has 20 heavy (non-hydrogen) atoms. The van der Waals surface area contributed by atoms with Crippen LogP contribution in [-0.2, 0) is 0 Å². The lowest BCUT2D eigenvalue weighted by Crippen LogP contribution is -2.13.